The monoisotopic (exact) mass is 573 g/mol. The molecule has 0 aliphatic heterocycles. The van der Waals surface area contributed by atoms with Crippen molar-refractivity contribution in [3.63, 3.8) is 0 Å². The van der Waals surface area contributed by atoms with Gasteiger partial charge in [-0.3, -0.25) is 0 Å². The van der Waals surface area contributed by atoms with Crippen molar-refractivity contribution >= 4 is 65.6 Å². The van der Waals surface area contributed by atoms with Gasteiger partial charge in [0.15, 0.2) is 5.58 Å². The molecule has 3 aromatic heterocycles. The highest BCUT2D eigenvalue weighted by Crippen LogP contribution is 2.41. The van der Waals surface area contributed by atoms with Crippen LogP contribution < -0.4 is 0 Å². The Bertz CT molecular complexity index is 2790. The first kappa shape index (κ1) is 24.8. The molecule has 0 spiro atoms. The van der Waals surface area contributed by atoms with Gasteiger partial charge in [-0.1, -0.05) is 36.4 Å². The van der Waals surface area contributed by atoms with Crippen molar-refractivity contribution in [3.05, 3.63) is 132 Å². The molecule has 0 atom stereocenters. The zero-order valence-corrected chi connectivity index (χ0v) is 23.6. The van der Waals surface area contributed by atoms with E-state index in [0.717, 1.165) is 71.3 Å². The number of para-hydroxylation sites is 2. The van der Waals surface area contributed by atoms with Gasteiger partial charge in [0.25, 0.3) is 0 Å². The quantitative estimate of drug-likeness (QED) is 0.206. The van der Waals surface area contributed by atoms with E-state index in [9.17, 15) is 15.8 Å². The lowest BCUT2D eigenvalue weighted by molar-refractivity contribution is 0.671. The first-order valence-electron chi connectivity index (χ1n) is 14.5. The van der Waals surface area contributed by atoms with E-state index >= 15 is 0 Å². The van der Waals surface area contributed by atoms with E-state index in [1.165, 1.54) is 0 Å². The number of hydrogen-bond donors (Lipinski definition) is 0. The normalized spacial score (nSPS) is 11.5. The van der Waals surface area contributed by atoms with Crippen LogP contribution in [0.4, 0.5) is 0 Å². The predicted molar refractivity (Wildman–Crippen MR) is 177 cm³/mol. The highest BCUT2D eigenvalue weighted by Gasteiger charge is 2.20. The molecule has 0 radical (unpaired) electrons. The third-order valence-electron chi connectivity index (χ3n) is 8.79. The summed E-state index contributed by atoms with van der Waals surface area (Å²) >= 11 is 0. The fourth-order valence-corrected chi connectivity index (χ4v) is 6.89. The molecule has 0 saturated carbocycles. The van der Waals surface area contributed by atoms with E-state index in [4.69, 9.17) is 4.42 Å². The molecule has 0 saturated heterocycles. The van der Waals surface area contributed by atoms with Crippen LogP contribution in [0.15, 0.2) is 120 Å². The van der Waals surface area contributed by atoms with Gasteiger partial charge in [0, 0.05) is 38.3 Å². The van der Waals surface area contributed by atoms with Crippen molar-refractivity contribution < 1.29 is 4.42 Å². The number of benzene rings is 6. The third-order valence-corrected chi connectivity index (χ3v) is 8.79. The van der Waals surface area contributed by atoms with Crippen molar-refractivity contribution in [2.45, 2.75) is 0 Å². The second kappa shape index (κ2) is 9.09. The van der Waals surface area contributed by atoms with Crippen LogP contribution in [0.5, 0.6) is 0 Å². The summed E-state index contributed by atoms with van der Waals surface area (Å²) in [7, 11) is 0. The van der Waals surface area contributed by atoms with Gasteiger partial charge in [0.05, 0.1) is 56.3 Å². The summed E-state index contributed by atoms with van der Waals surface area (Å²) in [5.41, 5.74) is 8.90. The Hall–Kier alpha value is -6.81. The average molecular weight is 574 g/mol. The van der Waals surface area contributed by atoms with Crippen molar-refractivity contribution in [2.24, 2.45) is 0 Å². The minimum atomic E-state index is 0.517. The molecule has 6 heteroatoms. The molecular weight excluding hydrogens is 554 g/mol. The van der Waals surface area contributed by atoms with Crippen LogP contribution in [-0.2, 0) is 0 Å². The van der Waals surface area contributed by atoms with Gasteiger partial charge < -0.3 is 13.6 Å². The molecule has 0 aliphatic carbocycles. The molecular formula is C39H19N5O. The summed E-state index contributed by atoms with van der Waals surface area (Å²) in [4.78, 5) is 0. The molecule has 0 bridgehead atoms. The zero-order chi connectivity index (χ0) is 30.2. The fourth-order valence-electron chi connectivity index (χ4n) is 6.89. The molecule has 3 heterocycles. The third kappa shape index (κ3) is 3.35. The van der Waals surface area contributed by atoms with Gasteiger partial charge in [-0.25, -0.2) is 0 Å². The summed E-state index contributed by atoms with van der Waals surface area (Å²) < 4.78 is 10.9. The van der Waals surface area contributed by atoms with Crippen LogP contribution in [0.2, 0.25) is 0 Å². The molecule has 6 nitrogen and oxygen atoms in total. The van der Waals surface area contributed by atoms with Crippen molar-refractivity contribution in [2.75, 3.05) is 0 Å². The smallest absolute Gasteiger partial charge is 0.153 e. The SMILES string of the molecule is N#Cc1ccc2c(c1)c1cc(C#N)ccc1n2-c1cccc(-n2c3ccccc3c3c4oc5c(C#N)cccc5c4ccc32)c1. The van der Waals surface area contributed by atoms with Crippen molar-refractivity contribution in [1.29, 1.82) is 15.8 Å². The highest BCUT2D eigenvalue weighted by molar-refractivity contribution is 6.24. The fraction of sp³-hybridized carbons (Fsp3) is 0. The molecule has 0 N–H and O–H groups in total. The Kier molecular flexibility index (Phi) is 5.00. The van der Waals surface area contributed by atoms with Crippen molar-refractivity contribution in [3.8, 4) is 29.6 Å². The standard InChI is InChI=1S/C39H19N5O/c40-20-23-11-14-34-31(17-23)32-18-24(21-41)12-15-35(32)43(34)26-6-4-7-27(19-26)44-33-10-2-1-8-30(33)37-36(44)16-13-29-28-9-3-5-25(22-42)38(28)45-39(29)37/h1-19H. The maximum absolute atomic E-state index is 9.74. The number of furan rings is 1. The van der Waals surface area contributed by atoms with Gasteiger partial charge >= 0.3 is 0 Å². The van der Waals surface area contributed by atoms with E-state index in [0.29, 0.717) is 22.3 Å². The molecule has 0 amide bonds. The lowest BCUT2D eigenvalue weighted by atomic mass is 10.1. The van der Waals surface area contributed by atoms with Crippen LogP contribution in [-0.4, -0.2) is 9.13 Å². The van der Waals surface area contributed by atoms with Gasteiger partial charge in [-0.05, 0) is 78.9 Å². The van der Waals surface area contributed by atoms with Gasteiger partial charge in [-0.2, -0.15) is 15.8 Å². The Morgan fingerprint density at radius 3 is 1.71 bits per heavy atom. The summed E-state index contributed by atoms with van der Waals surface area (Å²) in [6.07, 6.45) is 0. The summed E-state index contributed by atoms with van der Waals surface area (Å²) in [6, 6.07) is 44.7. The molecule has 6 aromatic carbocycles. The number of rotatable bonds is 2. The molecule has 206 valence electrons. The molecule has 0 fully saturated rings. The molecule has 9 rings (SSSR count). The van der Waals surface area contributed by atoms with Crippen LogP contribution in [0.1, 0.15) is 16.7 Å². The average Bonchev–Trinajstić information content (AvgIpc) is 3.75. The van der Waals surface area contributed by atoms with E-state index < -0.39 is 0 Å². The highest BCUT2D eigenvalue weighted by atomic mass is 16.3. The topological polar surface area (TPSA) is 94.4 Å². The van der Waals surface area contributed by atoms with Gasteiger partial charge in [0.2, 0.25) is 0 Å². The summed E-state index contributed by atoms with van der Waals surface area (Å²) in [6.45, 7) is 0. The second-order valence-corrected chi connectivity index (χ2v) is 11.1. The number of aromatic nitrogens is 2. The largest absolute Gasteiger partial charge is 0.454 e. The van der Waals surface area contributed by atoms with Gasteiger partial charge in [0.1, 0.15) is 11.7 Å². The number of fused-ring (bicyclic) bond motifs is 10. The lowest BCUT2D eigenvalue weighted by Crippen LogP contribution is -1.98. The minimum Gasteiger partial charge on any atom is -0.454 e. The first-order valence-corrected chi connectivity index (χ1v) is 14.5. The second-order valence-electron chi connectivity index (χ2n) is 11.1. The molecule has 0 unspecified atom stereocenters. The molecule has 0 aliphatic rings. The van der Waals surface area contributed by atoms with Crippen LogP contribution in [0, 0.1) is 34.0 Å². The van der Waals surface area contributed by atoms with Crippen LogP contribution in [0.3, 0.4) is 0 Å². The predicted octanol–water partition coefficient (Wildman–Crippen LogP) is 9.40. The summed E-state index contributed by atoms with van der Waals surface area (Å²) in [5, 5.41) is 34.8. The van der Waals surface area contributed by atoms with Gasteiger partial charge in [-0.15, -0.1) is 0 Å². The Morgan fingerprint density at radius 2 is 1.02 bits per heavy atom. The number of hydrogen-bond acceptors (Lipinski definition) is 4. The Balaban J connectivity index is 1.34. The van der Waals surface area contributed by atoms with Crippen molar-refractivity contribution in [1.82, 2.24) is 9.13 Å². The van der Waals surface area contributed by atoms with E-state index in [2.05, 4.69) is 75.9 Å². The summed E-state index contributed by atoms with van der Waals surface area (Å²) in [5.74, 6) is 0. The maximum atomic E-state index is 9.74. The van der Waals surface area contributed by atoms with E-state index in [-0.39, 0.29) is 0 Å². The number of nitriles is 3. The maximum Gasteiger partial charge on any atom is 0.153 e. The lowest BCUT2D eigenvalue weighted by Gasteiger charge is -2.13. The van der Waals surface area contributed by atoms with Crippen LogP contribution >= 0.6 is 0 Å². The van der Waals surface area contributed by atoms with E-state index in [1.54, 1.807) is 6.07 Å². The van der Waals surface area contributed by atoms with E-state index in [1.807, 2.05) is 60.7 Å². The molecule has 9 aromatic rings. The first-order chi connectivity index (χ1) is 22.2. The van der Waals surface area contributed by atoms with Crippen LogP contribution in [0.25, 0.3) is 76.9 Å². The zero-order valence-electron chi connectivity index (χ0n) is 23.6. The Morgan fingerprint density at radius 1 is 0.444 bits per heavy atom. The minimum absolute atomic E-state index is 0.517. The molecule has 45 heavy (non-hydrogen) atoms. The number of nitrogens with zero attached hydrogens (tertiary/aromatic N) is 5. The Labute approximate surface area is 256 Å².